The molecule has 0 spiro atoms. The van der Waals surface area contributed by atoms with Crippen LogP contribution in [0.1, 0.15) is 18.5 Å². The van der Waals surface area contributed by atoms with Crippen LogP contribution in [0.2, 0.25) is 0 Å². The molecule has 2 N–H and O–H groups in total. The molecule has 4 heteroatoms. The van der Waals surface area contributed by atoms with E-state index in [1.165, 1.54) is 12.1 Å². The molecule has 82 valence electrons. The van der Waals surface area contributed by atoms with Crippen molar-refractivity contribution in [3.63, 3.8) is 0 Å². The lowest BCUT2D eigenvalue weighted by atomic mass is 10.1. The Kier molecular flexibility index (Phi) is 2.88. The predicted octanol–water partition coefficient (Wildman–Crippen LogP) is 1.62. The van der Waals surface area contributed by atoms with Crippen LogP contribution in [0.15, 0.2) is 18.2 Å². The molecule has 0 radical (unpaired) electrons. The maximum absolute atomic E-state index is 13.0. The molecule has 2 rings (SSSR count). The Balaban J connectivity index is 2.20. The third-order valence-corrected chi connectivity index (χ3v) is 2.36. The molecule has 1 aliphatic heterocycles. The molecule has 0 amide bonds. The highest BCUT2D eigenvalue weighted by Gasteiger charge is 2.22. The fraction of sp³-hybridized carbons (Fsp3) is 0.455. The molecule has 15 heavy (non-hydrogen) atoms. The molecule has 0 aromatic heterocycles. The normalized spacial score (nSPS) is 18.3. The molecular formula is C11H14FNO2. The van der Waals surface area contributed by atoms with E-state index in [4.69, 9.17) is 15.2 Å². The van der Waals surface area contributed by atoms with Crippen molar-refractivity contribution < 1.29 is 13.9 Å². The Labute approximate surface area is 88.0 Å². The lowest BCUT2D eigenvalue weighted by Gasteiger charge is -2.28. The van der Waals surface area contributed by atoms with Gasteiger partial charge in [0.25, 0.3) is 0 Å². The van der Waals surface area contributed by atoms with Crippen LogP contribution in [-0.4, -0.2) is 19.3 Å². The minimum absolute atomic E-state index is 0.0768. The molecule has 1 saturated heterocycles. The summed E-state index contributed by atoms with van der Waals surface area (Å²) >= 11 is 0. The number of ether oxygens (including phenoxy) is 2. The Morgan fingerprint density at radius 3 is 2.80 bits per heavy atom. The first-order valence-electron chi connectivity index (χ1n) is 4.96. The van der Waals surface area contributed by atoms with E-state index in [9.17, 15) is 4.39 Å². The van der Waals surface area contributed by atoms with Crippen LogP contribution < -0.4 is 10.5 Å². The highest BCUT2D eigenvalue weighted by atomic mass is 19.1. The molecule has 0 unspecified atom stereocenters. The van der Waals surface area contributed by atoms with Crippen LogP contribution in [0, 0.1) is 5.82 Å². The molecule has 3 nitrogen and oxygen atoms in total. The molecule has 1 atom stereocenters. The van der Waals surface area contributed by atoms with E-state index in [0.29, 0.717) is 24.5 Å². The maximum atomic E-state index is 13.0. The Morgan fingerprint density at radius 2 is 2.27 bits per heavy atom. The Bertz CT molecular complexity index is 350. The fourth-order valence-electron chi connectivity index (χ4n) is 1.44. The van der Waals surface area contributed by atoms with Crippen molar-refractivity contribution in [1.29, 1.82) is 0 Å². The molecule has 0 aliphatic carbocycles. The van der Waals surface area contributed by atoms with E-state index in [1.807, 2.05) is 0 Å². The fourth-order valence-corrected chi connectivity index (χ4v) is 1.44. The van der Waals surface area contributed by atoms with Crippen molar-refractivity contribution >= 4 is 0 Å². The molecule has 0 bridgehead atoms. The lowest BCUT2D eigenvalue weighted by molar-refractivity contribution is -0.0800. The van der Waals surface area contributed by atoms with Gasteiger partial charge in [0.2, 0.25) is 0 Å². The van der Waals surface area contributed by atoms with Crippen molar-refractivity contribution in [3.8, 4) is 5.75 Å². The second-order valence-electron chi connectivity index (χ2n) is 3.75. The van der Waals surface area contributed by atoms with Gasteiger partial charge in [-0.3, -0.25) is 0 Å². The summed E-state index contributed by atoms with van der Waals surface area (Å²) in [6.07, 6.45) is 0.0768. The van der Waals surface area contributed by atoms with Gasteiger partial charge in [-0.25, -0.2) is 4.39 Å². The number of hydrogen-bond donors (Lipinski definition) is 1. The summed E-state index contributed by atoms with van der Waals surface area (Å²) in [7, 11) is 0. The summed E-state index contributed by atoms with van der Waals surface area (Å²) in [6.45, 7) is 2.99. The van der Waals surface area contributed by atoms with Gasteiger partial charge in [0.05, 0.1) is 13.2 Å². The lowest BCUT2D eigenvalue weighted by Crippen LogP contribution is -2.38. The minimum atomic E-state index is -0.292. The van der Waals surface area contributed by atoms with Crippen LogP contribution in [0.4, 0.5) is 4.39 Å². The molecule has 1 heterocycles. The summed E-state index contributed by atoms with van der Waals surface area (Å²) in [5.41, 5.74) is 6.44. The van der Waals surface area contributed by atoms with Gasteiger partial charge < -0.3 is 15.2 Å². The summed E-state index contributed by atoms with van der Waals surface area (Å²) in [5, 5.41) is 0. The molecule has 1 aromatic carbocycles. The van der Waals surface area contributed by atoms with Crippen molar-refractivity contribution in [3.05, 3.63) is 29.6 Å². The first kappa shape index (κ1) is 10.4. The number of halogens is 1. The van der Waals surface area contributed by atoms with Crippen molar-refractivity contribution in [2.45, 2.75) is 19.1 Å². The predicted molar refractivity (Wildman–Crippen MR) is 54.2 cm³/mol. The highest BCUT2D eigenvalue weighted by Crippen LogP contribution is 2.26. The van der Waals surface area contributed by atoms with E-state index >= 15 is 0 Å². The van der Waals surface area contributed by atoms with Crippen LogP contribution >= 0.6 is 0 Å². The zero-order chi connectivity index (χ0) is 10.8. The molecule has 1 aromatic rings. The summed E-state index contributed by atoms with van der Waals surface area (Å²) < 4.78 is 23.6. The van der Waals surface area contributed by atoms with Gasteiger partial charge in [0.1, 0.15) is 17.7 Å². The molecule has 1 fully saturated rings. The largest absolute Gasteiger partial charge is 0.485 e. The average Bonchev–Trinajstić information content (AvgIpc) is 2.12. The number of nitrogens with two attached hydrogens (primary N) is 1. The van der Waals surface area contributed by atoms with Crippen LogP contribution in [-0.2, 0) is 4.74 Å². The SMILES string of the molecule is C[C@@H](N)c1cc(F)ccc1OC1COC1. The number of rotatable bonds is 3. The zero-order valence-corrected chi connectivity index (χ0v) is 8.57. The van der Waals surface area contributed by atoms with E-state index in [-0.39, 0.29) is 18.0 Å². The second kappa shape index (κ2) is 4.16. The van der Waals surface area contributed by atoms with Gasteiger partial charge in [0, 0.05) is 11.6 Å². The van der Waals surface area contributed by atoms with Crippen LogP contribution in [0.3, 0.4) is 0 Å². The Morgan fingerprint density at radius 1 is 1.53 bits per heavy atom. The van der Waals surface area contributed by atoms with E-state index < -0.39 is 0 Å². The monoisotopic (exact) mass is 211 g/mol. The van der Waals surface area contributed by atoms with Gasteiger partial charge in [-0.05, 0) is 25.1 Å². The van der Waals surface area contributed by atoms with Gasteiger partial charge in [-0.1, -0.05) is 0 Å². The van der Waals surface area contributed by atoms with E-state index in [0.717, 1.165) is 0 Å². The zero-order valence-electron chi connectivity index (χ0n) is 8.57. The van der Waals surface area contributed by atoms with Gasteiger partial charge in [0.15, 0.2) is 0 Å². The molecular weight excluding hydrogens is 197 g/mol. The third-order valence-electron chi connectivity index (χ3n) is 2.36. The third kappa shape index (κ3) is 2.27. The standard InChI is InChI=1S/C11H14FNO2/c1-7(13)10-4-8(12)2-3-11(10)15-9-5-14-6-9/h2-4,7,9H,5-6,13H2,1H3/t7-/m1/s1. The van der Waals surface area contributed by atoms with Gasteiger partial charge >= 0.3 is 0 Å². The summed E-state index contributed by atoms with van der Waals surface area (Å²) in [5.74, 6) is 0.360. The van der Waals surface area contributed by atoms with Gasteiger partial charge in [-0.2, -0.15) is 0 Å². The number of hydrogen-bond acceptors (Lipinski definition) is 3. The second-order valence-corrected chi connectivity index (χ2v) is 3.75. The van der Waals surface area contributed by atoms with Crippen molar-refractivity contribution in [2.75, 3.05) is 13.2 Å². The minimum Gasteiger partial charge on any atom is -0.485 e. The summed E-state index contributed by atoms with van der Waals surface area (Å²) in [4.78, 5) is 0. The van der Waals surface area contributed by atoms with Crippen LogP contribution in [0.25, 0.3) is 0 Å². The van der Waals surface area contributed by atoms with E-state index in [1.54, 1.807) is 13.0 Å². The molecule has 1 aliphatic rings. The summed E-state index contributed by atoms with van der Waals surface area (Å²) in [6, 6.07) is 4.17. The van der Waals surface area contributed by atoms with Crippen molar-refractivity contribution in [1.82, 2.24) is 0 Å². The van der Waals surface area contributed by atoms with Crippen molar-refractivity contribution in [2.24, 2.45) is 5.73 Å². The quantitative estimate of drug-likeness (QED) is 0.826. The first-order valence-corrected chi connectivity index (χ1v) is 4.96. The smallest absolute Gasteiger partial charge is 0.145 e. The van der Waals surface area contributed by atoms with Gasteiger partial charge in [-0.15, -0.1) is 0 Å². The topological polar surface area (TPSA) is 44.5 Å². The maximum Gasteiger partial charge on any atom is 0.145 e. The Hall–Kier alpha value is -1.13. The highest BCUT2D eigenvalue weighted by molar-refractivity contribution is 5.36. The van der Waals surface area contributed by atoms with E-state index in [2.05, 4.69) is 0 Å². The average molecular weight is 211 g/mol. The van der Waals surface area contributed by atoms with Crippen LogP contribution in [0.5, 0.6) is 5.75 Å². The number of benzene rings is 1. The molecule has 0 saturated carbocycles. The first-order chi connectivity index (χ1) is 7.16.